The molecule has 1 aromatic heterocycles. The molecule has 132 valence electrons. The van der Waals surface area contributed by atoms with Crippen LogP contribution >= 0.6 is 0 Å². The molecule has 0 bridgehead atoms. The van der Waals surface area contributed by atoms with Gasteiger partial charge in [-0.2, -0.15) is 4.98 Å². The molecule has 1 N–H and O–H groups in total. The summed E-state index contributed by atoms with van der Waals surface area (Å²) < 4.78 is 5.48. The number of hydrogen-bond donors (Lipinski definition) is 1. The number of ether oxygens (including phenoxy) is 1. The van der Waals surface area contributed by atoms with E-state index in [9.17, 15) is 0 Å². The number of para-hydroxylation sites is 1. The maximum Gasteiger partial charge on any atom is 0.232 e. The number of anilines is 4. The predicted octanol–water partition coefficient (Wildman–Crippen LogP) is 4.70. The summed E-state index contributed by atoms with van der Waals surface area (Å²) >= 11 is 0. The highest BCUT2D eigenvalue weighted by Gasteiger charge is 2.28. The van der Waals surface area contributed by atoms with Crippen LogP contribution in [-0.2, 0) is 6.42 Å². The molecule has 3 aromatic rings. The summed E-state index contributed by atoms with van der Waals surface area (Å²) in [5.74, 6) is 2.36. The fraction of sp³-hybridized carbons (Fsp3) is 0.238. The van der Waals surface area contributed by atoms with E-state index in [1.54, 1.807) is 6.20 Å². The lowest BCUT2D eigenvalue weighted by molar-refractivity contribution is 0.340. The molecule has 1 aliphatic rings. The lowest BCUT2D eigenvalue weighted by Crippen LogP contribution is -2.25. The molecule has 26 heavy (non-hydrogen) atoms. The van der Waals surface area contributed by atoms with Crippen molar-refractivity contribution in [1.82, 2.24) is 9.97 Å². The van der Waals surface area contributed by atoms with E-state index >= 15 is 0 Å². The molecule has 0 spiro atoms. The molecule has 4 rings (SSSR count). The van der Waals surface area contributed by atoms with Crippen molar-refractivity contribution < 1.29 is 4.74 Å². The number of fused-ring (bicyclic) bond motifs is 1. The van der Waals surface area contributed by atoms with Gasteiger partial charge >= 0.3 is 0 Å². The number of nitrogens with zero attached hydrogens (tertiary/aromatic N) is 3. The first kappa shape index (κ1) is 16.4. The van der Waals surface area contributed by atoms with E-state index in [4.69, 9.17) is 9.72 Å². The van der Waals surface area contributed by atoms with Crippen molar-refractivity contribution in [2.75, 3.05) is 16.8 Å². The SMILES string of the molecule is CCOc1ccc(Nc2ccnc(N3c4ccccc4CC3C)n2)cc1. The molecular formula is C21H22N4O. The minimum Gasteiger partial charge on any atom is -0.494 e. The quantitative estimate of drug-likeness (QED) is 0.725. The minimum absolute atomic E-state index is 0.341. The smallest absolute Gasteiger partial charge is 0.232 e. The van der Waals surface area contributed by atoms with Gasteiger partial charge in [-0.05, 0) is 62.2 Å². The van der Waals surface area contributed by atoms with E-state index in [0.29, 0.717) is 12.6 Å². The van der Waals surface area contributed by atoms with E-state index < -0.39 is 0 Å². The number of benzene rings is 2. The molecule has 2 aromatic carbocycles. The van der Waals surface area contributed by atoms with Crippen LogP contribution in [0.3, 0.4) is 0 Å². The predicted molar refractivity (Wildman–Crippen MR) is 105 cm³/mol. The summed E-state index contributed by atoms with van der Waals surface area (Å²) in [7, 11) is 0. The summed E-state index contributed by atoms with van der Waals surface area (Å²) in [5, 5.41) is 3.34. The number of aromatic nitrogens is 2. The summed E-state index contributed by atoms with van der Waals surface area (Å²) in [6.07, 6.45) is 2.81. The number of nitrogens with one attached hydrogen (secondary N) is 1. The van der Waals surface area contributed by atoms with Crippen molar-refractivity contribution in [3.05, 3.63) is 66.4 Å². The summed E-state index contributed by atoms with van der Waals surface area (Å²) in [5.41, 5.74) is 3.50. The Morgan fingerprint density at radius 3 is 2.73 bits per heavy atom. The van der Waals surface area contributed by atoms with Crippen LogP contribution in [0.25, 0.3) is 0 Å². The zero-order valence-electron chi connectivity index (χ0n) is 15.0. The normalized spacial score (nSPS) is 15.6. The second-order valence-electron chi connectivity index (χ2n) is 6.38. The zero-order valence-corrected chi connectivity index (χ0v) is 15.0. The Morgan fingerprint density at radius 2 is 1.92 bits per heavy atom. The van der Waals surface area contributed by atoms with Gasteiger partial charge in [0.25, 0.3) is 0 Å². The molecule has 0 saturated carbocycles. The second kappa shape index (κ2) is 7.04. The van der Waals surface area contributed by atoms with Gasteiger partial charge in [-0.25, -0.2) is 4.98 Å². The third-order valence-electron chi connectivity index (χ3n) is 4.50. The molecule has 5 heteroatoms. The molecule has 2 heterocycles. The largest absolute Gasteiger partial charge is 0.494 e. The number of rotatable bonds is 5. The van der Waals surface area contributed by atoms with Crippen LogP contribution in [0.2, 0.25) is 0 Å². The van der Waals surface area contributed by atoms with Crippen LogP contribution in [0.4, 0.5) is 23.1 Å². The van der Waals surface area contributed by atoms with Crippen molar-refractivity contribution in [2.24, 2.45) is 0 Å². The second-order valence-corrected chi connectivity index (χ2v) is 6.38. The van der Waals surface area contributed by atoms with Crippen LogP contribution in [0.15, 0.2) is 60.8 Å². The highest BCUT2D eigenvalue weighted by molar-refractivity contribution is 5.68. The first-order chi connectivity index (χ1) is 12.7. The van der Waals surface area contributed by atoms with Crippen LogP contribution in [0.1, 0.15) is 19.4 Å². The van der Waals surface area contributed by atoms with Gasteiger partial charge in [0.15, 0.2) is 0 Å². The molecular weight excluding hydrogens is 324 g/mol. The third-order valence-corrected chi connectivity index (χ3v) is 4.50. The Balaban J connectivity index is 1.57. The van der Waals surface area contributed by atoms with E-state index in [2.05, 4.69) is 46.4 Å². The van der Waals surface area contributed by atoms with Crippen LogP contribution in [0.5, 0.6) is 5.75 Å². The van der Waals surface area contributed by atoms with E-state index in [0.717, 1.165) is 29.6 Å². The maximum atomic E-state index is 5.48. The van der Waals surface area contributed by atoms with Crippen LogP contribution < -0.4 is 15.0 Å². The Kier molecular flexibility index (Phi) is 4.44. The van der Waals surface area contributed by atoms with Crippen LogP contribution in [-0.4, -0.2) is 22.6 Å². The van der Waals surface area contributed by atoms with Gasteiger partial charge in [0.2, 0.25) is 5.95 Å². The third kappa shape index (κ3) is 3.20. The Hall–Kier alpha value is -3.08. The van der Waals surface area contributed by atoms with Crippen molar-refractivity contribution in [2.45, 2.75) is 26.3 Å². The van der Waals surface area contributed by atoms with Gasteiger partial charge in [-0.3, -0.25) is 0 Å². The molecule has 1 atom stereocenters. The molecule has 5 nitrogen and oxygen atoms in total. The molecule has 0 aliphatic carbocycles. The van der Waals surface area contributed by atoms with Crippen molar-refractivity contribution in [3.8, 4) is 5.75 Å². The van der Waals surface area contributed by atoms with Gasteiger partial charge < -0.3 is 15.0 Å². The Labute approximate surface area is 153 Å². The van der Waals surface area contributed by atoms with Gasteiger partial charge in [0.1, 0.15) is 11.6 Å². The Morgan fingerprint density at radius 1 is 1.12 bits per heavy atom. The maximum absolute atomic E-state index is 5.48. The fourth-order valence-corrected chi connectivity index (χ4v) is 3.35. The molecule has 0 radical (unpaired) electrons. The molecule has 0 amide bonds. The van der Waals surface area contributed by atoms with Crippen molar-refractivity contribution in [3.63, 3.8) is 0 Å². The average Bonchev–Trinajstić information content (AvgIpc) is 2.99. The van der Waals surface area contributed by atoms with E-state index in [1.165, 1.54) is 11.3 Å². The first-order valence-electron chi connectivity index (χ1n) is 8.94. The Bertz CT molecular complexity index is 895. The van der Waals surface area contributed by atoms with E-state index in [1.807, 2.05) is 37.3 Å². The van der Waals surface area contributed by atoms with Crippen LogP contribution in [0, 0.1) is 0 Å². The lowest BCUT2D eigenvalue weighted by Gasteiger charge is -2.23. The van der Waals surface area contributed by atoms with Crippen molar-refractivity contribution >= 4 is 23.1 Å². The van der Waals surface area contributed by atoms with Crippen molar-refractivity contribution in [1.29, 1.82) is 0 Å². The monoisotopic (exact) mass is 346 g/mol. The topological polar surface area (TPSA) is 50.3 Å². The zero-order chi connectivity index (χ0) is 17.9. The molecule has 1 aliphatic heterocycles. The first-order valence-corrected chi connectivity index (χ1v) is 8.94. The van der Waals surface area contributed by atoms with E-state index in [-0.39, 0.29) is 0 Å². The average molecular weight is 346 g/mol. The summed E-state index contributed by atoms with van der Waals surface area (Å²) in [6.45, 7) is 4.85. The molecule has 0 fully saturated rings. The number of hydrogen-bond acceptors (Lipinski definition) is 5. The lowest BCUT2D eigenvalue weighted by atomic mass is 10.1. The summed E-state index contributed by atoms with van der Waals surface area (Å²) in [4.78, 5) is 11.4. The fourth-order valence-electron chi connectivity index (χ4n) is 3.35. The van der Waals surface area contributed by atoms with Gasteiger partial charge in [-0.1, -0.05) is 18.2 Å². The highest BCUT2D eigenvalue weighted by atomic mass is 16.5. The standard InChI is InChI=1S/C21H22N4O/c1-3-26-18-10-8-17(9-11-18)23-20-12-13-22-21(24-20)25-15(2)14-16-6-4-5-7-19(16)25/h4-13,15H,3,14H2,1-2H3,(H,22,23,24). The molecule has 1 unspecified atom stereocenters. The minimum atomic E-state index is 0.341. The summed E-state index contributed by atoms with van der Waals surface area (Å²) in [6, 6.07) is 18.6. The van der Waals surface area contributed by atoms with Gasteiger partial charge in [0, 0.05) is 23.6 Å². The molecule has 0 saturated heterocycles. The highest BCUT2D eigenvalue weighted by Crippen LogP contribution is 2.36. The van der Waals surface area contributed by atoms with Gasteiger partial charge in [-0.15, -0.1) is 0 Å². The van der Waals surface area contributed by atoms with Gasteiger partial charge in [0.05, 0.1) is 6.61 Å².